The number of carbonyl (C=O) groups is 2. The quantitative estimate of drug-likeness (QED) is 0.676. The zero-order chi connectivity index (χ0) is 16.0. The summed E-state index contributed by atoms with van der Waals surface area (Å²) in [5.41, 5.74) is 7.27. The van der Waals surface area contributed by atoms with Gasteiger partial charge in [-0.2, -0.15) is 0 Å². The third-order valence-electron chi connectivity index (χ3n) is 3.59. The van der Waals surface area contributed by atoms with Crippen LogP contribution in [0.1, 0.15) is 19.4 Å². The maximum absolute atomic E-state index is 11.8. The van der Waals surface area contributed by atoms with E-state index in [9.17, 15) is 9.59 Å². The second-order valence-corrected chi connectivity index (χ2v) is 5.32. The first-order valence-corrected chi connectivity index (χ1v) is 7.06. The van der Waals surface area contributed by atoms with E-state index in [1.165, 1.54) is 0 Å². The lowest BCUT2D eigenvalue weighted by atomic mass is 10.1. The van der Waals surface area contributed by atoms with E-state index in [1.54, 1.807) is 6.92 Å². The summed E-state index contributed by atoms with van der Waals surface area (Å²) in [5, 5.41) is 2.14. The number of hydrogen-bond acceptors (Lipinski definition) is 3. The number of rotatable bonds is 6. The average molecular weight is 293 g/mol. The van der Waals surface area contributed by atoms with Gasteiger partial charge < -0.3 is 15.5 Å². The van der Waals surface area contributed by atoms with Crippen molar-refractivity contribution in [2.75, 3.05) is 25.5 Å². The lowest BCUT2D eigenvalue weighted by molar-refractivity contribution is -0.926. The fraction of sp³-hybridized carbons (Fsp3) is 0.467. The summed E-state index contributed by atoms with van der Waals surface area (Å²) in [6.07, 6.45) is 0. The summed E-state index contributed by atoms with van der Waals surface area (Å²) in [7, 11) is 3.99. The van der Waals surface area contributed by atoms with Crippen molar-refractivity contribution in [3.63, 3.8) is 0 Å². The molecule has 0 fully saturated rings. The summed E-state index contributed by atoms with van der Waals surface area (Å²) in [4.78, 5) is 25.7. The second kappa shape index (κ2) is 7.64. The van der Waals surface area contributed by atoms with Crippen molar-refractivity contribution < 1.29 is 14.5 Å². The molecule has 2 atom stereocenters. The Hall–Kier alpha value is -2.08. The molecule has 4 N–H and O–H groups in total. The molecule has 0 saturated heterocycles. The fourth-order valence-corrected chi connectivity index (χ4v) is 2.17. The van der Waals surface area contributed by atoms with E-state index in [2.05, 4.69) is 29.6 Å². The molecule has 0 saturated carbocycles. The highest BCUT2D eigenvalue weighted by molar-refractivity contribution is 5.95. The normalized spacial score (nSPS) is 13.3. The Morgan fingerprint density at radius 3 is 2.29 bits per heavy atom. The molecule has 0 aliphatic heterocycles. The number of hydrogen-bond donors (Lipinski definition) is 3. The average Bonchev–Trinajstić information content (AvgIpc) is 2.43. The van der Waals surface area contributed by atoms with Crippen LogP contribution < -0.4 is 20.9 Å². The van der Waals surface area contributed by atoms with Crippen molar-refractivity contribution >= 4 is 17.6 Å². The highest BCUT2D eigenvalue weighted by Gasteiger charge is 2.24. The Kier molecular flexibility index (Phi) is 6.17. The molecule has 6 nitrogen and oxygen atoms in total. The van der Waals surface area contributed by atoms with E-state index in [0.29, 0.717) is 0 Å². The first kappa shape index (κ1) is 17.0. The molecule has 21 heavy (non-hydrogen) atoms. The molecule has 6 heteroatoms. The minimum atomic E-state index is -0.808. The predicted molar refractivity (Wildman–Crippen MR) is 83.2 cm³/mol. The maximum atomic E-state index is 11.8. The van der Waals surface area contributed by atoms with Crippen LogP contribution >= 0.6 is 0 Å². The van der Waals surface area contributed by atoms with Crippen LogP contribution in [0.3, 0.4) is 0 Å². The molecule has 0 radical (unpaired) electrons. The predicted octanol–water partition coefficient (Wildman–Crippen LogP) is -0.259. The van der Waals surface area contributed by atoms with E-state index in [1.807, 2.05) is 25.9 Å². The van der Waals surface area contributed by atoms with Crippen molar-refractivity contribution in [3.05, 3.63) is 29.8 Å². The molecule has 1 aromatic rings. The molecule has 1 aromatic carbocycles. The van der Waals surface area contributed by atoms with Gasteiger partial charge in [0.25, 0.3) is 5.91 Å². The maximum Gasteiger partial charge on any atom is 0.319 e. The number of anilines is 1. The van der Waals surface area contributed by atoms with Crippen LogP contribution in [0.2, 0.25) is 0 Å². The van der Waals surface area contributed by atoms with Gasteiger partial charge in [0.1, 0.15) is 6.54 Å². The minimum Gasteiger partial charge on any atom is -0.378 e. The number of imide groups is 1. The fourth-order valence-electron chi connectivity index (χ4n) is 2.17. The second-order valence-electron chi connectivity index (χ2n) is 5.32. The smallest absolute Gasteiger partial charge is 0.319 e. The Morgan fingerprint density at radius 2 is 1.86 bits per heavy atom. The number of nitrogens with one attached hydrogen (secondary N) is 2. The van der Waals surface area contributed by atoms with Gasteiger partial charge in [-0.15, -0.1) is 0 Å². The van der Waals surface area contributed by atoms with Crippen LogP contribution in [-0.4, -0.2) is 38.6 Å². The van der Waals surface area contributed by atoms with Gasteiger partial charge in [-0.05, 0) is 26.0 Å². The standard InChI is InChI=1S/C15H24N4O2/c1-5-19(11(2)14(20)17-15(16)21)10-12-6-8-13(9-7-12)18(3)4/h6-9,11H,5,10H2,1-4H3,(H3,16,17,20,21)/p+1/t11-/m0/s1. The minimum absolute atomic E-state index is 0.337. The van der Waals surface area contributed by atoms with Crippen LogP contribution in [0.5, 0.6) is 0 Å². The number of nitrogens with zero attached hydrogens (tertiary/aromatic N) is 1. The van der Waals surface area contributed by atoms with Crippen molar-refractivity contribution in [2.24, 2.45) is 5.73 Å². The molecule has 3 amide bonds. The first-order valence-electron chi connectivity index (χ1n) is 7.06. The number of carbonyl (C=O) groups excluding carboxylic acids is 2. The molecule has 1 unspecified atom stereocenters. The largest absolute Gasteiger partial charge is 0.378 e. The van der Waals surface area contributed by atoms with Gasteiger partial charge in [0, 0.05) is 25.3 Å². The van der Waals surface area contributed by atoms with Crippen molar-refractivity contribution in [1.29, 1.82) is 0 Å². The number of likely N-dealkylation sites (N-methyl/N-ethyl adjacent to an activating group) is 1. The molecule has 0 bridgehead atoms. The SMILES string of the molecule is CC[NH+](Cc1ccc(N(C)C)cc1)[C@@H](C)C(=O)NC(N)=O. The van der Waals surface area contributed by atoms with Crippen LogP contribution in [0.4, 0.5) is 10.5 Å². The molecule has 0 aliphatic carbocycles. The highest BCUT2D eigenvalue weighted by atomic mass is 16.2. The third-order valence-corrected chi connectivity index (χ3v) is 3.59. The number of primary amides is 1. The number of urea groups is 1. The van der Waals surface area contributed by atoms with Crippen molar-refractivity contribution in [3.8, 4) is 0 Å². The summed E-state index contributed by atoms with van der Waals surface area (Å²) >= 11 is 0. The zero-order valence-electron chi connectivity index (χ0n) is 13.1. The molecule has 1 rings (SSSR count). The third kappa shape index (κ3) is 5.07. The number of nitrogens with two attached hydrogens (primary N) is 1. The lowest BCUT2D eigenvalue weighted by Gasteiger charge is -2.24. The topological polar surface area (TPSA) is 79.9 Å². The number of amides is 3. The van der Waals surface area contributed by atoms with E-state index in [4.69, 9.17) is 5.73 Å². The van der Waals surface area contributed by atoms with Crippen LogP contribution in [0.15, 0.2) is 24.3 Å². The van der Waals surface area contributed by atoms with Gasteiger partial charge in [-0.1, -0.05) is 12.1 Å². The Bertz CT molecular complexity index is 485. The van der Waals surface area contributed by atoms with Gasteiger partial charge in [0.2, 0.25) is 0 Å². The monoisotopic (exact) mass is 293 g/mol. The Morgan fingerprint density at radius 1 is 1.29 bits per heavy atom. The van der Waals surface area contributed by atoms with Gasteiger partial charge in [0.05, 0.1) is 6.54 Å². The van der Waals surface area contributed by atoms with Gasteiger partial charge in [0.15, 0.2) is 6.04 Å². The number of quaternary nitrogens is 1. The van der Waals surface area contributed by atoms with E-state index in [-0.39, 0.29) is 11.9 Å². The molecule has 0 aromatic heterocycles. The highest BCUT2D eigenvalue weighted by Crippen LogP contribution is 2.11. The summed E-state index contributed by atoms with van der Waals surface area (Å²) < 4.78 is 0. The van der Waals surface area contributed by atoms with Crippen molar-refractivity contribution in [2.45, 2.75) is 26.4 Å². The molecule has 0 spiro atoms. The van der Waals surface area contributed by atoms with Gasteiger partial charge in [-0.25, -0.2) is 4.79 Å². The van der Waals surface area contributed by atoms with E-state index < -0.39 is 6.03 Å². The molecular weight excluding hydrogens is 268 g/mol. The summed E-state index contributed by atoms with van der Waals surface area (Å²) in [6, 6.07) is 7.08. The lowest BCUT2D eigenvalue weighted by Crippen LogP contribution is -3.15. The summed E-state index contributed by atoms with van der Waals surface area (Å²) in [5.74, 6) is -0.343. The van der Waals surface area contributed by atoms with Crippen molar-refractivity contribution in [1.82, 2.24) is 5.32 Å². The zero-order valence-corrected chi connectivity index (χ0v) is 13.1. The molecule has 116 valence electrons. The summed E-state index contributed by atoms with van der Waals surface area (Å²) in [6.45, 7) is 5.31. The Labute approximate surface area is 125 Å². The van der Waals surface area contributed by atoms with Crippen LogP contribution in [0, 0.1) is 0 Å². The molecule has 0 aliphatic rings. The number of benzene rings is 1. The van der Waals surface area contributed by atoms with Gasteiger partial charge in [-0.3, -0.25) is 10.1 Å². The first-order chi connectivity index (χ1) is 9.85. The Balaban J connectivity index is 2.72. The van der Waals surface area contributed by atoms with Crippen LogP contribution in [-0.2, 0) is 11.3 Å². The van der Waals surface area contributed by atoms with E-state index >= 15 is 0 Å². The van der Waals surface area contributed by atoms with Crippen LogP contribution in [0.25, 0.3) is 0 Å². The van der Waals surface area contributed by atoms with E-state index in [0.717, 1.165) is 29.2 Å². The van der Waals surface area contributed by atoms with Gasteiger partial charge >= 0.3 is 6.03 Å². The molecular formula is C15H25N4O2+. The molecule has 0 heterocycles.